The van der Waals surface area contributed by atoms with Crippen LogP contribution < -0.4 is 16.6 Å². The van der Waals surface area contributed by atoms with E-state index in [1.165, 1.54) is 0 Å². The van der Waals surface area contributed by atoms with Crippen LogP contribution in [0.2, 0.25) is 0 Å². The Hall–Kier alpha value is -2.08. The number of para-hydroxylation sites is 2. The van der Waals surface area contributed by atoms with Crippen LogP contribution in [0.4, 0.5) is 10.7 Å². The monoisotopic (exact) mass is 191 g/mol. The fourth-order valence-corrected chi connectivity index (χ4v) is 1.16. The molecule has 1 aromatic heterocycles. The molecular weight excluding hydrogens is 182 g/mol. The first-order chi connectivity index (χ1) is 6.79. The van der Waals surface area contributed by atoms with Crippen molar-refractivity contribution in [1.82, 2.24) is 15.4 Å². The summed E-state index contributed by atoms with van der Waals surface area (Å²) in [4.78, 5) is 17.9. The molecule has 2 aromatic rings. The molecule has 0 fully saturated rings. The lowest BCUT2D eigenvalue weighted by atomic mass is 10.3. The van der Waals surface area contributed by atoms with Crippen molar-refractivity contribution in [2.24, 2.45) is 5.84 Å². The second-order valence-corrected chi connectivity index (χ2v) is 2.70. The number of benzene rings is 1. The zero-order valence-corrected chi connectivity index (χ0v) is 7.24. The molecule has 72 valence electrons. The lowest BCUT2D eigenvalue weighted by Gasteiger charge is -1.97. The van der Waals surface area contributed by atoms with Crippen LogP contribution in [0, 0.1) is 0 Å². The molecule has 6 nitrogen and oxygen atoms in total. The number of rotatable bonds is 1. The first-order valence-electron chi connectivity index (χ1n) is 4.02. The molecule has 0 unspecified atom stereocenters. The first kappa shape index (κ1) is 8.52. The van der Waals surface area contributed by atoms with Gasteiger partial charge >= 0.3 is 6.03 Å². The average Bonchev–Trinajstić information content (AvgIpc) is 2.59. The van der Waals surface area contributed by atoms with E-state index in [4.69, 9.17) is 5.84 Å². The number of amides is 2. The summed E-state index contributed by atoms with van der Waals surface area (Å²) < 4.78 is 0. The minimum absolute atomic E-state index is 0.370. The van der Waals surface area contributed by atoms with Gasteiger partial charge in [-0.2, -0.15) is 0 Å². The van der Waals surface area contributed by atoms with E-state index >= 15 is 0 Å². The van der Waals surface area contributed by atoms with Crippen molar-refractivity contribution in [3.63, 3.8) is 0 Å². The Morgan fingerprint density at radius 2 is 2.21 bits per heavy atom. The highest BCUT2D eigenvalue weighted by Gasteiger charge is 2.03. The van der Waals surface area contributed by atoms with Gasteiger partial charge in [-0.05, 0) is 12.1 Å². The number of imidazole rings is 1. The van der Waals surface area contributed by atoms with E-state index in [1.807, 2.05) is 29.7 Å². The van der Waals surface area contributed by atoms with Crippen molar-refractivity contribution >= 4 is 23.0 Å². The summed E-state index contributed by atoms with van der Waals surface area (Å²) >= 11 is 0. The fraction of sp³-hybridized carbons (Fsp3) is 0. The predicted molar refractivity (Wildman–Crippen MR) is 52.4 cm³/mol. The number of anilines is 1. The zero-order chi connectivity index (χ0) is 9.97. The van der Waals surface area contributed by atoms with Gasteiger partial charge in [0.05, 0.1) is 11.0 Å². The van der Waals surface area contributed by atoms with Gasteiger partial charge in [0.2, 0.25) is 5.95 Å². The van der Waals surface area contributed by atoms with Crippen LogP contribution in [0.15, 0.2) is 24.3 Å². The number of aromatic amines is 1. The van der Waals surface area contributed by atoms with Crippen LogP contribution in [0.1, 0.15) is 0 Å². The summed E-state index contributed by atoms with van der Waals surface area (Å²) in [6, 6.07) is 6.96. The molecule has 0 spiro atoms. The number of carbonyl (C=O) groups is 1. The summed E-state index contributed by atoms with van der Waals surface area (Å²) in [5.74, 6) is 5.28. The van der Waals surface area contributed by atoms with Crippen molar-refractivity contribution in [2.45, 2.75) is 0 Å². The SMILES string of the molecule is NNC(=O)Nc1nc2ccccc2[nH]1. The first-order valence-corrected chi connectivity index (χ1v) is 4.02. The van der Waals surface area contributed by atoms with Gasteiger partial charge in [0.25, 0.3) is 0 Å². The molecule has 6 heteroatoms. The van der Waals surface area contributed by atoms with E-state index in [1.54, 1.807) is 0 Å². The number of nitrogens with one attached hydrogen (secondary N) is 3. The molecular formula is C8H9N5O. The largest absolute Gasteiger partial charge is 0.335 e. The topological polar surface area (TPSA) is 95.8 Å². The molecule has 0 aliphatic heterocycles. The number of hydrogen-bond donors (Lipinski definition) is 4. The molecule has 1 aromatic carbocycles. The van der Waals surface area contributed by atoms with Crippen molar-refractivity contribution in [2.75, 3.05) is 5.32 Å². The highest BCUT2D eigenvalue weighted by Crippen LogP contribution is 2.12. The predicted octanol–water partition coefficient (Wildman–Crippen LogP) is 0.558. The molecule has 0 aliphatic rings. The van der Waals surface area contributed by atoms with Crippen molar-refractivity contribution in [1.29, 1.82) is 0 Å². The molecule has 0 atom stereocenters. The minimum Gasteiger partial charge on any atom is -0.324 e. The Balaban J connectivity index is 2.31. The third kappa shape index (κ3) is 1.50. The van der Waals surface area contributed by atoms with Crippen LogP contribution in [-0.4, -0.2) is 16.0 Å². The van der Waals surface area contributed by atoms with Crippen LogP contribution >= 0.6 is 0 Å². The molecule has 2 amide bonds. The Bertz CT molecular complexity index is 430. The minimum atomic E-state index is -0.510. The van der Waals surface area contributed by atoms with Crippen molar-refractivity contribution in [3.05, 3.63) is 24.3 Å². The highest BCUT2D eigenvalue weighted by atomic mass is 16.2. The lowest BCUT2D eigenvalue weighted by molar-refractivity contribution is 0.252. The number of H-pyrrole nitrogens is 1. The van der Waals surface area contributed by atoms with Crippen molar-refractivity contribution < 1.29 is 4.79 Å². The van der Waals surface area contributed by atoms with Gasteiger partial charge in [0.15, 0.2) is 0 Å². The molecule has 0 saturated heterocycles. The van der Waals surface area contributed by atoms with Gasteiger partial charge in [0, 0.05) is 0 Å². The zero-order valence-electron chi connectivity index (χ0n) is 7.24. The summed E-state index contributed by atoms with van der Waals surface area (Å²) in [7, 11) is 0. The number of nitrogens with zero attached hydrogens (tertiary/aromatic N) is 1. The van der Waals surface area contributed by atoms with E-state index in [0.29, 0.717) is 5.95 Å². The van der Waals surface area contributed by atoms with Crippen LogP contribution in [0.25, 0.3) is 11.0 Å². The normalized spacial score (nSPS) is 10.1. The van der Waals surface area contributed by atoms with E-state index < -0.39 is 6.03 Å². The quantitative estimate of drug-likeness (QED) is 0.301. The standard InChI is InChI=1S/C8H9N5O/c9-13-8(14)12-7-10-5-3-1-2-4-6(5)11-7/h1-4H,9H2,(H3,10,11,12,13,14). The molecule has 5 N–H and O–H groups in total. The van der Waals surface area contributed by atoms with Crippen LogP contribution in [-0.2, 0) is 0 Å². The molecule has 0 saturated carbocycles. The molecule has 14 heavy (non-hydrogen) atoms. The molecule has 0 aliphatic carbocycles. The summed E-state index contributed by atoms with van der Waals surface area (Å²) in [5.41, 5.74) is 3.60. The Labute approximate surface area is 79.5 Å². The average molecular weight is 191 g/mol. The number of carbonyl (C=O) groups excluding carboxylic acids is 1. The molecule has 2 rings (SSSR count). The number of hydrogen-bond acceptors (Lipinski definition) is 3. The number of urea groups is 1. The maximum absolute atomic E-state index is 10.9. The van der Waals surface area contributed by atoms with E-state index in [9.17, 15) is 4.79 Å². The fourth-order valence-electron chi connectivity index (χ4n) is 1.16. The van der Waals surface area contributed by atoms with E-state index in [0.717, 1.165) is 11.0 Å². The van der Waals surface area contributed by atoms with Crippen LogP contribution in [0.3, 0.4) is 0 Å². The van der Waals surface area contributed by atoms with Gasteiger partial charge in [0.1, 0.15) is 0 Å². The third-order valence-electron chi connectivity index (χ3n) is 1.75. The Morgan fingerprint density at radius 1 is 1.43 bits per heavy atom. The van der Waals surface area contributed by atoms with Gasteiger partial charge in [-0.15, -0.1) is 0 Å². The van der Waals surface area contributed by atoms with E-state index in [-0.39, 0.29) is 0 Å². The maximum atomic E-state index is 10.9. The van der Waals surface area contributed by atoms with Gasteiger partial charge < -0.3 is 4.98 Å². The third-order valence-corrected chi connectivity index (χ3v) is 1.75. The summed E-state index contributed by atoms with van der Waals surface area (Å²) in [6.07, 6.45) is 0. The number of nitrogens with two attached hydrogens (primary N) is 1. The Morgan fingerprint density at radius 3 is 2.93 bits per heavy atom. The van der Waals surface area contributed by atoms with Crippen LogP contribution in [0.5, 0.6) is 0 Å². The van der Waals surface area contributed by atoms with Crippen molar-refractivity contribution in [3.8, 4) is 0 Å². The Kier molecular flexibility index (Phi) is 2.04. The molecule has 0 bridgehead atoms. The second-order valence-electron chi connectivity index (χ2n) is 2.70. The van der Waals surface area contributed by atoms with Gasteiger partial charge in [-0.1, -0.05) is 12.1 Å². The number of fused-ring (bicyclic) bond motifs is 1. The summed E-state index contributed by atoms with van der Waals surface area (Å²) in [5, 5.41) is 2.44. The van der Waals surface area contributed by atoms with Gasteiger partial charge in [-0.3, -0.25) is 10.7 Å². The maximum Gasteiger partial charge on any atom is 0.335 e. The smallest absolute Gasteiger partial charge is 0.324 e. The second kappa shape index (κ2) is 3.35. The van der Waals surface area contributed by atoms with Gasteiger partial charge in [-0.25, -0.2) is 15.6 Å². The van der Waals surface area contributed by atoms with E-state index in [2.05, 4.69) is 15.3 Å². The highest BCUT2D eigenvalue weighted by molar-refractivity contribution is 5.89. The number of hydrazine groups is 1. The summed E-state index contributed by atoms with van der Waals surface area (Å²) in [6.45, 7) is 0. The molecule has 1 heterocycles. The molecule has 0 radical (unpaired) electrons. The number of aromatic nitrogens is 2. The lowest BCUT2D eigenvalue weighted by Crippen LogP contribution is -2.34.